The minimum absolute atomic E-state index is 0.403. The van der Waals surface area contributed by atoms with Gasteiger partial charge in [-0.15, -0.1) is 11.6 Å². The molecule has 0 aromatic carbocycles. The predicted molar refractivity (Wildman–Crippen MR) is 59.6 cm³/mol. The summed E-state index contributed by atoms with van der Waals surface area (Å²) >= 11 is 5.53. The van der Waals surface area contributed by atoms with Crippen LogP contribution in [0.1, 0.15) is 0 Å². The lowest BCUT2D eigenvalue weighted by Crippen LogP contribution is -1.97. The van der Waals surface area contributed by atoms with Gasteiger partial charge in [0.15, 0.2) is 11.5 Å². The molecule has 2 aromatic rings. The molecule has 2 heterocycles. The maximum atomic E-state index is 5.66. The van der Waals surface area contributed by atoms with Crippen molar-refractivity contribution in [3.05, 3.63) is 24.8 Å². The highest BCUT2D eigenvalue weighted by Crippen LogP contribution is 2.13. The van der Waals surface area contributed by atoms with Crippen LogP contribution in [0, 0.1) is 0 Å². The molecule has 0 radical (unpaired) electrons. The summed E-state index contributed by atoms with van der Waals surface area (Å²) in [5.74, 6) is 0.907. The molecule has 2 rings (SSSR count). The molecule has 5 nitrogen and oxygen atoms in total. The number of aromatic nitrogens is 4. The zero-order valence-corrected chi connectivity index (χ0v) is 8.72. The Balaban J connectivity index is 2.37. The van der Waals surface area contributed by atoms with E-state index in [-0.39, 0.29) is 0 Å². The van der Waals surface area contributed by atoms with Gasteiger partial charge < -0.3 is 10.3 Å². The smallest absolute Gasteiger partial charge is 0.165 e. The van der Waals surface area contributed by atoms with E-state index in [4.69, 9.17) is 17.3 Å². The van der Waals surface area contributed by atoms with Crippen LogP contribution in [0.5, 0.6) is 0 Å². The van der Waals surface area contributed by atoms with Crippen LogP contribution >= 0.6 is 11.6 Å². The van der Waals surface area contributed by atoms with Gasteiger partial charge in [-0.2, -0.15) is 0 Å². The number of nitrogen functional groups attached to an aromatic ring is 1. The number of fused-ring (bicyclic) bond motifs is 1. The summed E-state index contributed by atoms with van der Waals surface area (Å²) in [6.07, 6.45) is 6.94. The van der Waals surface area contributed by atoms with E-state index in [1.807, 2.05) is 16.7 Å². The summed E-state index contributed by atoms with van der Waals surface area (Å²) in [6.45, 7) is 0.680. The minimum atomic E-state index is 0.403. The molecule has 0 saturated carbocycles. The normalized spacial score (nSPS) is 11.5. The molecule has 0 aliphatic heterocycles. The van der Waals surface area contributed by atoms with Crippen LogP contribution < -0.4 is 5.73 Å². The van der Waals surface area contributed by atoms with E-state index in [2.05, 4.69) is 15.0 Å². The molecule has 0 unspecified atom stereocenters. The van der Waals surface area contributed by atoms with Crippen LogP contribution in [0.3, 0.4) is 0 Å². The number of rotatable bonds is 3. The minimum Gasteiger partial charge on any atom is -0.382 e. The van der Waals surface area contributed by atoms with E-state index < -0.39 is 0 Å². The first-order valence-electron chi connectivity index (χ1n) is 4.45. The molecule has 2 N–H and O–H groups in total. The SMILES string of the molecule is Nc1ncnc2c1ncn2C/C=C\CCl. The van der Waals surface area contributed by atoms with Gasteiger partial charge in [-0.25, -0.2) is 15.0 Å². The number of halogens is 1. The highest BCUT2D eigenvalue weighted by atomic mass is 35.5. The maximum absolute atomic E-state index is 5.66. The zero-order valence-electron chi connectivity index (χ0n) is 7.97. The lowest BCUT2D eigenvalue weighted by atomic mass is 10.5. The molecule has 0 atom stereocenters. The molecule has 0 spiro atoms. The second-order valence-electron chi connectivity index (χ2n) is 2.95. The van der Waals surface area contributed by atoms with E-state index in [1.165, 1.54) is 6.33 Å². The first kappa shape index (κ1) is 9.92. The van der Waals surface area contributed by atoms with Crippen molar-refractivity contribution in [2.45, 2.75) is 6.54 Å². The molecule has 0 fully saturated rings. The number of imidazole rings is 1. The van der Waals surface area contributed by atoms with E-state index in [9.17, 15) is 0 Å². The molecular formula is C9H10ClN5. The number of hydrogen-bond acceptors (Lipinski definition) is 4. The quantitative estimate of drug-likeness (QED) is 0.627. The van der Waals surface area contributed by atoms with Gasteiger partial charge in [0.1, 0.15) is 11.8 Å². The third-order valence-corrected chi connectivity index (χ3v) is 2.17. The number of hydrogen-bond donors (Lipinski definition) is 1. The number of nitrogens with zero attached hydrogens (tertiary/aromatic N) is 4. The Morgan fingerprint density at radius 2 is 2.20 bits per heavy atom. The van der Waals surface area contributed by atoms with E-state index in [1.54, 1.807) is 6.33 Å². The zero-order chi connectivity index (χ0) is 10.7. The van der Waals surface area contributed by atoms with Crippen molar-refractivity contribution in [3.63, 3.8) is 0 Å². The molecule has 0 amide bonds. The molecule has 0 bridgehead atoms. The van der Waals surface area contributed by atoms with E-state index >= 15 is 0 Å². The summed E-state index contributed by atoms with van der Waals surface area (Å²) in [5.41, 5.74) is 7.03. The summed E-state index contributed by atoms with van der Waals surface area (Å²) in [5, 5.41) is 0. The summed E-state index contributed by atoms with van der Waals surface area (Å²) < 4.78 is 1.89. The molecule has 0 aliphatic carbocycles. The Bertz CT molecular complexity index is 490. The molecule has 0 aliphatic rings. The summed E-state index contributed by atoms with van der Waals surface area (Å²) in [6, 6.07) is 0. The van der Waals surface area contributed by atoms with E-state index in [0.717, 1.165) is 5.65 Å². The molecule has 78 valence electrons. The van der Waals surface area contributed by atoms with Crippen molar-refractivity contribution in [1.82, 2.24) is 19.5 Å². The van der Waals surface area contributed by atoms with Gasteiger partial charge in [0.25, 0.3) is 0 Å². The number of alkyl halides is 1. The van der Waals surface area contributed by atoms with Crippen LogP contribution in [0.25, 0.3) is 11.2 Å². The van der Waals surface area contributed by atoms with Gasteiger partial charge in [-0.1, -0.05) is 12.2 Å². The van der Waals surface area contributed by atoms with Crippen molar-refractivity contribution in [3.8, 4) is 0 Å². The number of nitrogens with two attached hydrogens (primary N) is 1. The first-order chi connectivity index (χ1) is 7.33. The lowest BCUT2D eigenvalue weighted by molar-refractivity contribution is 0.835. The maximum Gasteiger partial charge on any atom is 0.165 e. The van der Waals surface area contributed by atoms with Crippen LogP contribution in [0.4, 0.5) is 5.82 Å². The molecule has 15 heavy (non-hydrogen) atoms. The molecule has 6 heteroatoms. The Morgan fingerprint density at radius 1 is 1.33 bits per heavy atom. The third-order valence-electron chi connectivity index (χ3n) is 1.99. The van der Waals surface area contributed by atoms with Crippen LogP contribution in [-0.4, -0.2) is 25.4 Å². The van der Waals surface area contributed by atoms with Gasteiger partial charge >= 0.3 is 0 Å². The standard InChI is InChI=1S/C9H10ClN5/c10-3-1-2-4-15-6-14-7-8(11)12-5-13-9(7)15/h1-2,5-6H,3-4H2,(H2,11,12,13)/b2-1-. The first-order valence-corrected chi connectivity index (χ1v) is 4.98. The predicted octanol–water partition coefficient (Wildman–Crippen LogP) is 1.20. The van der Waals surface area contributed by atoms with Crippen molar-refractivity contribution >= 4 is 28.6 Å². The lowest BCUT2D eigenvalue weighted by Gasteiger charge is -1.98. The van der Waals surface area contributed by atoms with Gasteiger partial charge in [-0.05, 0) is 0 Å². The van der Waals surface area contributed by atoms with Crippen molar-refractivity contribution in [2.75, 3.05) is 11.6 Å². The summed E-state index contributed by atoms with van der Waals surface area (Å²) in [7, 11) is 0. The van der Waals surface area contributed by atoms with Gasteiger partial charge in [0, 0.05) is 12.4 Å². The molecule has 2 aromatic heterocycles. The topological polar surface area (TPSA) is 69.6 Å². The highest BCUT2D eigenvalue weighted by molar-refractivity contribution is 6.18. The van der Waals surface area contributed by atoms with Gasteiger partial charge in [0.2, 0.25) is 0 Å². The highest BCUT2D eigenvalue weighted by Gasteiger charge is 2.05. The van der Waals surface area contributed by atoms with Crippen molar-refractivity contribution in [1.29, 1.82) is 0 Å². The Morgan fingerprint density at radius 3 is 3.00 bits per heavy atom. The van der Waals surface area contributed by atoms with E-state index in [0.29, 0.717) is 23.8 Å². The Labute approximate surface area is 91.6 Å². The van der Waals surface area contributed by atoms with Crippen molar-refractivity contribution in [2.24, 2.45) is 0 Å². The number of allylic oxidation sites excluding steroid dienone is 2. The van der Waals surface area contributed by atoms with Gasteiger partial charge in [-0.3, -0.25) is 0 Å². The van der Waals surface area contributed by atoms with Crippen LogP contribution in [0.2, 0.25) is 0 Å². The van der Waals surface area contributed by atoms with Crippen LogP contribution in [-0.2, 0) is 6.54 Å². The summed E-state index contributed by atoms with van der Waals surface area (Å²) in [4.78, 5) is 12.1. The molecule has 0 saturated heterocycles. The second kappa shape index (κ2) is 4.27. The average molecular weight is 224 g/mol. The Kier molecular flexibility index (Phi) is 2.82. The molecular weight excluding hydrogens is 214 g/mol. The number of anilines is 1. The Hall–Kier alpha value is -1.62. The largest absolute Gasteiger partial charge is 0.382 e. The second-order valence-corrected chi connectivity index (χ2v) is 3.26. The fourth-order valence-corrected chi connectivity index (χ4v) is 1.41. The fraction of sp³-hybridized carbons (Fsp3) is 0.222. The van der Waals surface area contributed by atoms with Crippen molar-refractivity contribution < 1.29 is 0 Å². The fourth-order valence-electron chi connectivity index (χ4n) is 1.28. The monoisotopic (exact) mass is 223 g/mol. The third kappa shape index (κ3) is 1.92. The van der Waals surface area contributed by atoms with Gasteiger partial charge in [0.05, 0.1) is 6.33 Å². The average Bonchev–Trinajstić information content (AvgIpc) is 2.64. The van der Waals surface area contributed by atoms with Crippen LogP contribution in [0.15, 0.2) is 24.8 Å².